The molecule has 0 atom stereocenters. The number of rotatable bonds is 1. The molecule has 0 saturated carbocycles. The van der Waals surface area contributed by atoms with E-state index >= 15 is 0 Å². The van der Waals surface area contributed by atoms with Gasteiger partial charge in [-0.2, -0.15) is 13.2 Å². The molecule has 2 aromatic rings. The first-order chi connectivity index (χ1) is 6.57. The molecule has 74 valence electrons. The van der Waals surface area contributed by atoms with E-state index in [1.54, 1.807) is 11.2 Å². The molecule has 4 nitrogen and oxygen atoms in total. The Morgan fingerprint density at radius 2 is 2.14 bits per heavy atom. The van der Waals surface area contributed by atoms with Crippen molar-refractivity contribution in [1.29, 1.82) is 0 Å². The molecule has 0 aliphatic carbocycles. The van der Waals surface area contributed by atoms with E-state index in [4.69, 9.17) is 4.42 Å². The molecule has 1 N–H and O–H groups in total. The Kier molecular flexibility index (Phi) is 1.80. The van der Waals surface area contributed by atoms with Gasteiger partial charge in [0.25, 0.3) is 0 Å². The molecule has 0 fully saturated rings. The summed E-state index contributed by atoms with van der Waals surface area (Å²) in [4.78, 5) is 3.24. The van der Waals surface area contributed by atoms with Crippen LogP contribution in [0.5, 0.6) is 0 Å². The van der Waals surface area contributed by atoms with Crippen LogP contribution in [0.25, 0.3) is 11.6 Å². The van der Waals surface area contributed by atoms with Crippen LogP contribution in [-0.4, -0.2) is 15.2 Å². The van der Waals surface area contributed by atoms with Crippen LogP contribution in [-0.2, 0) is 6.18 Å². The Morgan fingerprint density at radius 3 is 2.64 bits per heavy atom. The van der Waals surface area contributed by atoms with E-state index in [0.29, 0.717) is 0 Å². The van der Waals surface area contributed by atoms with Gasteiger partial charge in [-0.05, 0) is 12.1 Å². The largest absolute Gasteiger partial charge is 0.461 e. The molecule has 14 heavy (non-hydrogen) atoms. The molecule has 0 aliphatic heterocycles. The lowest BCUT2D eigenvalue weighted by Crippen LogP contribution is -2.07. The van der Waals surface area contributed by atoms with Crippen molar-refractivity contribution in [3.63, 3.8) is 0 Å². The van der Waals surface area contributed by atoms with Crippen molar-refractivity contribution in [2.45, 2.75) is 6.18 Å². The third kappa shape index (κ3) is 1.48. The number of alkyl halides is 3. The Balaban J connectivity index is 2.36. The van der Waals surface area contributed by atoms with Crippen molar-refractivity contribution in [1.82, 2.24) is 15.2 Å². The van der Waals surface area contributed by atoms with Crippen molar-refractivity contribution in [3.8, 4) is 11.6 Å². The highest BCUT2D eigenvalue weighted by atomic mass is 19.4. The highest BCUT2D eigenvalue weighted by molar-refractivity contribution is 5.45. The van der Waals surface area contributed by atoms with Crippen LogP contribution in [0.3, 0.4) is 0 Å². The minimum absolute atomic E-state index is 0.109. The Labute approximate surface area is 75.8 Å². The molecule has 0 amide bonds. The van der Waals surface area contributed by atoms with Gasteiger partial charge in [-0.15, -0.1) is 5.10 Å². The van der Waals surface area contributed by atoms with Crippen molar-refractivity contribution in [2.75, 3.05) is 0 Å². The normalized spacial score (nSPS) is 11.9. The molecule has 2 rings (SSSR count). The average Bonchev–Trinajstić information content (AvgIpc) is 2.73. The summed E-state index contributed by atoms with van der Waals surface area (Å²) in [5.74, 6) is -1.05. The predicted octanol–water partition coefficient (Wildman–Crippen LogP) is 2.08. The van der Waals surface area contributed by atoms with E-state index in [1.807, 2.05) is 0 Å². The zero-order valence-corrected chi connectivity index (χ0v) is 6.67. The molecule has 0 spiro atoms. The first-order valence-electron chi connectivity index (χ1n) is 3.61. The van der Waals surface area contributed by atoms with Gasteiger partial charge in [0.1, 0.15) is 0 Å². The monoisotopic (exact) mass is 203 g/mol. The smallest absolute Gasteiger partial charge is 0.451 e. The van der Waals surface area contributed by atoms with Crippen molar-refractivity contribution in [3.05, 3.63) is 24.2 Å². The second-order valence-corrected chi connectivity index (χ2v) is 2.48. The van der Waals surface area contributed by atoms with Gasteiger partial charge in [-0.25, -0.2) is 4.98 Å². The molecule has 0 aromatic carbocycles. The fourth-order valence-electron chi connectivity index (χ4n) is 0.905. The fraction of sp³-hybridized carbons (Fsp3) is 0.143. The maximum absolute atomic E-state index is 12.1. The van der Waals surface area contributed by atoms with E-state index in [0.717, 1.165) is 0 Å². The second kappa shape index (κ2) is 2.86. The standard InChI is InChI=1S/C7H4F3N3O/c8-7(9,10)6-11-5(12-13-6)4-2-1-3-14-4/h1-3H,(H,11,12,13). The highest BCUT2D eigenvalue weighted by Gasteiger charge is 2.35. The van der Waals surface area contributed by atoms with Crippen LogP contribution >= 0.6 is 0 Å². The molecule has 0 saturated heterocycles. The topological polar surface area (TPSA) is 54.7 Å². The van der Waals surface area contributed by atoms with E-state index in [1.165, 1.54) is 12.3 Å². The first kappa shape index (κ1) is 8.79. The molecule has 0 aliphatic rings. The zero-order chi connectivity index (χ0) is 10.2. The number of aromatic nitrogens is 3. The van der Waals surface area contributed by atoms with Crippen molar-refractivity contribution >= 4 is 0 Å². The van der Waals surface area contributed by atoms with Crippen LogP contribution in [0.2, 0.25) is 0 Å². The van der Waals surface area contributed by atoms with Gasteiger partial charge in [0.2, 0.25) is 11.6 Å². The fourth-order valence-corrected chi connectivity index (χ4v) is 0.905. The zero-order valence-electron chi connectivity index (χ0n) is 6.67. The summed E-state index contributed by atoms with van der Waals surface area (Å²) in [6, 6.07) is 3.02. The van der Waals surface area contributed by atoms with Gasteiger partial charge in [-0.3, -0.25) is 5.10 Å². The number of halogens is 3. The summed E-state index contributed by atoms with van der Waals surface area (Å²) in [5, 5.41) is 5.16. The Hall–Kier alpha value is -1.79. The van der Waals surface area contributed by atoms with Crippen LogP contribution < -0.4 is 0 Å². The summed E-state index contributed by atoms with van der Waals surface area (Å²) >= 11 is 0. The highest BCUT2D eigenvalue weighted by Crippen LogP contribution is 2.27. The molecule has 7 heteroatoms. The van der Waals surface area contributed by atoms with E-state index < -0.39 is 12.0 Å². The summed E-state index contributed by atoms with van der Waals surface area (Å²) in [5.41, 5.74) is 0. The molecular formula is C7H4F3N3O. The molecule has 0 radical (unpaired) electrons. The summed E-state index contributed by atoms with van der Waals surface area (Å²) in [7, 11) is 0. The lowest BCUT2D eigenvalue weighted by Gasteiger charge is -1.97. The van der Waals surface area contributed by atoms with Gasteiger partial charge in [0.05, 0.1) is 6.26 Å². The summed E-state index contributed by atoms with van der Waals surface area (Å²) < 4.78 is 41.1. The first-order valence-corrected chi connectivity index (χ1v) is 3.61. The predicted molar refractivity (Wildman–Crippen MR) is 39.1 cm³/mol. The van der Waals surface area contributed by atoms with Crippen molar-refractivity contribution in [2.24, 2.45) is 0 Å². The van der Waals surface area contributed by atoms with Gasteiger partial charge >= 0.3 is 6.18 Å². The summed E-state index contributed by atoms with van der Waals surface area (Å²) in [6.07, 6.45) is -3.18. The SMILES string of the molecule is FC(F)(F)c1nc(-c2ccco2)n[nH]1. The molecule has 0 unspecified atom stereocenters. The van der Waals surface area contributed by atoms with E-state index in [-0.39, 0.29) is 11.6 Å². The Morgan fingerprint density at radius 1 is 1.36 bits per heavy atom. The molecular weight excluding hydrogens is 199 g/mol. The maximum Gasteiger partial charge on any atom is 0.451 e. The van der Waals surface area contributed by atoms with Crippen LogP contribution in [0, 0.1) is 0 Å². The maximum atomic E-state index is 12.1. The van der Waals surface area contributed by atoms with E-state index in [2.05, 4.69) is 10.1 Å². The number of nitrogens with zero attached hydrogens (tertiary/aromatic N) is 2. The molecule has 2 aromatic heterocycles. The van der Waals surface area contributed by atoms with E-state index in [9.17, 15) is 13.2 Å². The summed E-state index contributed by atoms with van der Waals surface area (Å²) in [6.45, 7) is 0. The molecule has 2 heterocycles. The van der Waals surface area contributed by atoms with Crippen LogP contribution in [0.4, 0.5) is 13.2 Å². The van der Waals surface area contributed by atoms with Gasteiger partial charge < -0.3 is 4.42 Å². The van der Waals surface area contributed by atoms with Gasteiger partial charge in [0.15, 0.2) is 5.76 Å². The number of hydrogen-bond acceptors (Lipinski definition) is 3. The number of H-pyrrole nitrogens is 1. The molecule has 0 bridgehead atoms. The van der Waals surface area contributed by atoms with Gasteiger partial charge in [-0.1, -0.05) is 0 Å². The third-order valence-electron chi connectivity index (χ3n) is 1.50. The minimum atomic E-state index is -4.52. The number of aromatic amines is 1. The lowest BCUT2D eigenvalue weighted by atomic mass is 10.4. The van der Waals surface area contributed by atoms with Crippen LogP contribution in [0.1, 0.15) is 5.82 Å². The minimum Gasteiger partial charge on any atom is -0.461 e. The average molecular weight is 203 g/mol. The Bertz CT molecular complexity index is 418. The van der Waals surface area contributed by atoms with Crippen molar-refractivity contribution < 1.29 is 17.6 Å². The quantitative estimate of drug-likeness (QED) is 0.771. The number of hydrogen-bond donors (Lipinski definition) is 1. The van der Waals surface area contributed by atoms with Crippen LogP contribution in [0.15, 0.2) is 22.8 Å². The number of nitrogens with one attached hydrogen (secondary N) is 1. The number of furan rings is 1. The second-order valence-electron chi connectivity index (χ2n) is 2.48. The lowest BCUT2D eigenvalue weighted by molar-refractivity contribution is -0.144. The van der Waals surface area contributed by atoms with Gasteiger partial charge in [0, 0.05) is 0 Å². The third-order valence-corrected chi connectivity index (χ3v) is 1.50.